The second kappa shape index (κ2) is 7.58. The minimum Gasteiger partial charge on any atom is -0.487 e. The maximum absolute atomic E-state index is 6.57. The minimum absolute atomic E-state index is 0.0879. The Kier molecular flexibility index (Phi) is 5.47. The molecule has 0 atom stereocenters. The molecule has 2 N–H and O–H groups in total. The first kappa shape index (κ1) is 17.3. The fraction of sp³-hybridized carbons (Fsp3) is 0.429. The second-order valence-electron chi connectivity index (χ2n) is 6.92. The van der Waals surface area contributed by atoms with Crippen molar-refractivity contribution in [3.8, 4) is 5.75 Å². The number of halogens is 1. The van der Waals surface area contributed by atoms with Crippen LogP contribution in [0.4, 0.5) is 0 Å². The Morgan fingerprint density at radius 2 is 1.79 bits per heavy atom. The van der Waals surface area contributed by atoms with E-state index in [1.807, 2.05) is 18.2 Å². The maximum Gasteiger partial charge on any atom is 0.141 e. The summed E-state index contributed by atoms with van der Waals surface area (Å²) in [5.74, 6) is 0.784. The highest BCUT2D eigenvalue weighted by Crippen LogP contribution is 2.42. The third-order valence-corrected chi connectivity index (χ3v) is 5.55. The molecular weight excluding hydrogens is 318 g/mol. The summed E-state index contributed by atoms with van der Waals surface area (Å²) in [5, 5.41) is 0.694. The van der Waals surface area contributed by atoms with Gasteiger partial charge in [-0.05, 0) is 42.5 Å². The number of hydrogen-bond donors (Lipinski definition) is 1. The number of aryl methyl sites for hydroxylation is 1. The van der Waals surface area contributed by atoms with Crippen LogP contribution in [0, 0.1) is 6.92 Å². The van der Waals surface area contributed by atoms with Crippen LogP contribution in [0.25, 0.3) is 0 Å². The molecule has 24 heavy (non-hydrogen) atoms. The molecule has 3 heteroatoms. The number of hydrogen-bond acceptors (Lipinski definition) is 2. The normalized spacial score (nSPS) is 16.8. The molecule has 0 aromatic heterocycles. The van der Waals surface area contributed by atoms with E-state index in [1.54, 1.807) is 0 Å². The smallest absolute Gasteiger partial charge is 0.141 e. The van der Waals surface area contributed by atoms with Gasteiger partial charge < -0.3 is 10.5 Å². The van der Waals surface area contributed by atoms with Crippen LogP contribution in [-0.2, 0) is 12.0 Å². The Balaban J connectivity index is 1.83. The molecule has 2 nitrogen and oxygen atoms in total. The summed E-state index contributed by atoms with van der Waals surface area (Å²) in [6.07, 6.45) is 6.12. The lowest BCUT2D eigenvalue weighted by Crippen LogP contribution is -2.37. The van der Waals surface area contributed by atoms with Crippen molar-refractivity contribution >= 4 is 11.6 Å². The van der Waals surface area contributed by atoms with Gasteiger partial charge in [-0.25, -0.2) is 0 Å². The summed E-state index contributed by atoms with van der Waals surface area (Å²) in [4.78, 5) is 0. The molecule has 0 amide bonds. The first-order valence-corrected chi connectivity index (χ1v) is 9.20. The molecular formula is C21H26ClNO. The molecule has 1 fully saturated rings. The van der Waals surface area contributed by atoms with E-state index in [9.17, 15) is 0 Å². The van der Waals surface area contributed by atoms with E-state index >= 15 is 0 Å². The predicted molar refractivity (Wildman–Crippen MR) is 101 cm³/mol. The zero-order chi connectivity index (χ0) is 17.0. The second-order valence-corrected chi connectivity index (χ2v) is 7.33. The van der Waals surface area contributed by atoms with Gasteiger partial charge in [0.05, 0.1) is 5.02 Å². The third-order valence-electron chi connectivity index (χ3n) is 5.27. The molecule has 0 radical (unpaired) electrons. The average molecular weight is 344 g/mol. The van der Waals surface area contributed by atoms with Crippen molar-refractivity contribution in [2.45, 2.75) is 51.0 Å². The van der Waals surface area contributed by atoms with E-state index < -0.39 is 0 Å². The molecule has 0 spiro atoms. The zero-order valence-corrected chi connectivity index (χ0v) is 15.1. The summed E-state index contributed by atoms with van der Waals surface area (Å²) < 4.78 is 6.00. The molecule has 1 aliphatic rings. The lowest BCUT2D eigenvalue weighted by molar-refractivity contribution is 0.295. The summed E-state index contributed by atoms with van der Waals surface area (Å²) in [6.45, 7) is 3.29. The van der Waals surface area contributed by atoms with E-state index in [4.69, 9.17) is 22.1 Å². The Labute approximate surface area is 150 Å². The van der Waals surface area contributed by atoms with Crippen molar-refractivity contribution in [3.63, 3.8) is 0 Å². The quantitative estimate of drug-likeness (QED) is 0.790. The predicted octanol–water partition coefficient (Wildman–Crippen LogP) is 5.39. The van der Waals surface area contributed by atoms with Crippen LogP contribution < -0.4 is 10.5 Å². The monoisotopic (exact) mass is 343 g/mol. The van der Waals surface area contributed by atoms with Crippen LogP contribution in [0.5, 0.6) is 5.75 Å². The van der Waals surface area contributed by atoms with Gasteiger partial charge in [-0.2, -0.15) is 0 Å². The molecule has 0 bridgehead atoms. The molecule has 1 aliphatic carbocycles. The molecule has 3 rings (SSSR count). The van der Waals surface area contributed by atoms with Gasteiger partial charge in [-0.15, -0.1) is 0 Å². The van der Waals surface area contributed by atoms with Crippen molar-refractivity contribution in [1.82, 2.24) is 0 Å². The van der Waals surface area contributed by atoms with Crippen LogP contribution >= 0.6 is 11.6 Å². The van der Waals surface area contributed by atoms with Gasteiger partial charge in [0.1, 0.15) is 12.4 Å². The largest absolute Gasteiger partial charge is 0.487 e. The molecule has 2 aromatic carbocycles. The third kappa shape index (κ3) is 3.60. The van der Waals surface area contributed by atoms with E-state index in [0.29, 0.717) is 18.2 Å². The summed E-state index contributed by atoms with van der Waals surface area (Å²) in [6, 6.07) is 14.5. The lowest BCUT2D eigenvalue weighted by Gasteiger charge is -2.37. The SMILES string of the molecule is Cc1cc(C2(CN)CCCCC2)cc(Cl)c1OCc1ccccc1. The van der Waals surface area contributed by atoms with Crippen LogP contribution in [0.2, 0.25) is 5.02 Å². The highest BCUT2D eigenvalue weighted by atomic mass is 35.5. The highest BCUT2D eigenvalue weighted by molar-refractivity contribution is 6.32. The molecule has 0 heterocycles. The molecule has 0 aliphatic heterocycles. The topological polar surface area (TPSA) is 35.2 Å². The molecule has 0 unspecified atom stereocenters. The van der Waals surface area contributed by atoms with Gasteiger partial charge in [-0.3, -0.25) is 0 Å². The number of benzene rings is 2. The molecule has 2 aromatic rings. The number of ether oxygens (including phenoxy) is 1. The number of nitrogens with two attached hydrogens (primary N) is 1. The van der Waals surface area contributed by atoms with Gasteiger partial charge in [0, 0.05) is 12.0 Å². The maximum atomic E-state index is 6.57. The Morgan fingerprint density at radius 1 is 1.08 bits per heavy atom. The zero-order valence-electron chi connectivity index (χ0n) is 14.4. The molecule has 0 saturated heterocycles. The Bertz CT molecular complexity index is 654. The van der Waals surface area contributed by atoms with Crippen molar-refractivity contribution < 1.29 is 4.74 Å². The van der Waals surface area contributed by atoms with Gasteiger partial charge >= 0.3 is 0 Å². The fourth-order valence-corrected chi connectivity index (χ4v) is 4.11. The van der Waals surface area contributed by atoms with Crippen molar-refractivity contribution in [2.75, 3.05) is 6.54 Å². The van der Waals surface area contributed by atoms with E-state index in [-0.39, 0.29) is 5.41 Å². The van der Waals surface area contributed by atoms with Crippen molar-refractivity contribution in [2.24, 2.45) is 5.73 Å². The summed E-state index contributed by atoms with van der Waals surface area (Å²) in [5.41, 5.74) is 9.76. The minimum atomic E-state index is 0.0879. The Morgan fingerprint density at radius 3 is 2.42 bits per heavy atom. The van der Waals surface area contributed by atoms with E-state index in [1.165, 1.54) is 24.8 Å². The highest BCUT2D eigenvalue weighted by Gasteiger charge is 2.33. The average Bonchev–Trinajstić information content (AvgIpc) is 2.62. The van der Waals surface area contributed by atoms with Crippen molar-refractivity contribution in [1.29, 1.82) is 0 Å². The first-order valence-electron chi connectivity index (χ1n) is 8.82. The fourth-order valence-electron chi connectivity index (χ4n) is 3.79. The van der Waals surface area contributed by atoms with Crippen LogP contribution in [0.15, 0.2) is 42.5 Å². The lowest BCUT2D eigenvalue weighted by atomic mass is 9.69. The van der Waals surface area contributed by atoms with Gasteiger partial charge in [0.2, 0.25) is 0 Å². The van der Waals surface area contributed by atoms with Crippen LogP contribution in [0.3, 0.4) is 0 Å². The van der Waals surface area contributed by atoms with Crippen LogP contribution in [-0.4, -0.2) is 6.54 Å². The summed E-state index contributed by atoms with van der Waals surface area (Å²) in [7, 11) is 0. The van der Waals surface area contributed by atoms with Gasteiger partial charge in [0.25, 0.3) is 0 Å². The van der Waals surface area contributed by atoms with Gasteiger partial charge in [-0.1, -0.05) is 67.3 Å². The summed E-state index contributed by atoms with van der Waals surface area (Å²) >= 11 is 6.57. The number of rotatable bonds is 5. The molecule has 1 saturated carbocycles. The van der Waals surface area contributed by atoms with Crippen molar-refractivity contribution in [3.05, 3.63) is 64.2 Å². The van der Waals surface area contributed by atoms with E-state index in [2.05, 4.69) is 31.2 Å². The van der Waals surface area contributed by atoms with Gasteiger partial charge in [0.15, 0.2) is 0 Å². The Hall–Kier alpha value is -1.51. The standard InChI is InChI=1S/C21H26ClNO/c1-16-12-18(21(15-23)10-6-3-7-11-21)13-19(22)20(16)24-14-17-8-4-2-5-9-17/h2,4-5,8-9,12-13H,3,6-7,10-11,14-15,23H2,1H3. The molecule has 128 valence electrons. The van der Waals surface area contributed by atoms with Crippen LogP contribution in [0.1, 0.15) is 48.8 Å². The first-order chi connectivity index (χ1) is 11.6. The van der Waals surface area contributed by atoms with E-state index in [0.717, 1.165) is 29.7 Å².